The van der Waals surface area contributed by atoms with Gasteiger partial charge in [-0.05, 0) is 25.5 Å². The number of hydrogen-bond donors (Lipinski definition) is 0. The van der Waals surface area contributed by atoms with Gasteiger partial charge in [0.05, 0.1) is 0 Å². The lowest BCUT2D eigenvalue weighted by molar-refractivity contribution is 0.532. The molecule has 0 aliphatic heterocycles. The van der Waals surface area contributed by atoms with Crippen LogP contribution in [-0.4, -0.2) is 4.57 Å². The maximum absolute atomic E-state index is 12.0. The number of hydrogen-bond acceptors (Lipinski definition) is 2. The van der Waals surface area contributed by atoms with Crippen LogP contribution in [0.25, 0.3) is 0 Å². The van der Waals surface area contributed by atoms with Gasteiger partial charge < -0.3 is 4.57 Å². The molecule has 0 atom stereocenters. The molecule has 0 spiro atoms. The highest BCUT2D eigenvalue weighted by Crippen LogP contribution is 2.09. The van der Waals surface area contributed by atoms with E-state index in [-0.39, 0.29) is 11.1 Å². The largest absolute Gasteiger partial charge is 0.312 e. The van der Waals surface area contributed by atoms with Crippen LogP contribution in [0.3, 0.4) is 0 Å². The maximum atomic E-state index is 12.0. The van der Waals surface area contributed by atoms with E-state index in [0.29, 0.717) is 0 Å². The number of pyridine rings is 1. The number of aromatic nitrogens is 1. The van der Waals surface area contributed by atoms with E-state index in [9.17, 15) is 4.79 Å². The first-order chi connectivity index (χ1) is 9.70. The topological polar surface area (TPSA) is 45.8 Å². The number of nitriles is 1. The monoisotopic (exact) mass is 274 g/mol. The van der Waals surface area contributed by atoms with Gasteiger partial charge in [-0.3, -0.25) is 4.79 Å². The van der Waals surface area contributed by atoms with Crippen molar-refractivity contribution in [2.75, 3.05) is 0 Å². The second-order valence-electron chi connectivity index (χ2n) is 5.43. The molecule has 0 saturated heterocycles. The fourth-order valence-corrected chi connectivity index (χ4v) is 2.44. The van der Waals surface area contributed by atoms with Crippen LogP contribution in [0.5, 0.6) is 0 Å². The first-order valence-corrected chi connectivity index (χ1v) is 7.81. The molecule has 0 unspecified atom stereocenters. The number of aryl methyl sites for hydroxylation is 1. The second kappa shape index (κ2) is 9.36. The summed E-state index contributed by atoms with van der Waals surface area (Å²) in [5.74, 6) is 0. The molecule has 20 heavy (non-hydrogen) atoms. The Morgan fingerprint density at radius 3 is 2.25 bits per heavy atom. The van der Waals surface area contributed by atoms with Crippen LogP contribution in [0, 0.1) is 18.3 Å². The van der Waals surface area contributed by atoms with E-state index in [4.69, 9.17) is 5.26 Å². The van der Waals surface area contributed by atoms with E-state index in [2.05, 4.69) is 6.92 Å². The molecular weight excluding hydrogens is 248 g/mol. The molecule has 1 aromatic rings. The molecule has 0 aliphatic carbocycles. The summed E-state index contributed by atoms with van der Waals surface area (Å²) in [6.07, 6.45) is 10.0. The molecule has 0 fully saturated rings. The van der Waals surface area contributed by atoms with Crippen LogP contribution in [0.15, 0.2) is 16.9 Å². The van der Waals surface area contributed by atoms with E-state index < -0.39 is 0 Å². The van der Waals surface area contributed by atoms with Crippen molar-refractivity contribution in [3.8, 4) is 6.07 Å². The smallest absolute Gasteiger partial charge is 0.268 e. The van der Waals surface area contributed by atoms with Crippen molar-refractivity contribution in [2.45, 2.75) is 71.8 Å². The Balaban J connectivity index is 2.33. The quantitative estimate of drug-likeness (QED) is 0.634. The zero-order chi connectivity index (χ0) is 14.8. The van der Waals surface area contributed by atoms with Crippen LogP contribution in [0.2, 0.25) is 0 Å². The second-order valence-corrected chi connectivity index (χ2v) is 5.43. The Kier molecular flexibility index (Phi) is 7.72. The molecule has 3 nitrogen and oxygen atoms in total. The summed E-state index contributed by atoms with van der Waals surface area (Å²) in [6.45, 7) is 4.89. The number of rotatable bonds is 9. The summed E-state index contributed by atoms with van der Waals surface area (Å²) in [4.78, 5) is 12.0. The Morgan fingerprint density at radius 2 is 1.65 bits per heavy atom. The Bertz CT molecular complexity index is 497. The molecule has 0 amide bonds. The summed E-state index contributed by atoms with van der Waals surface area (Å²) in [5, 5.41) is 8.88. The minimum atomic E-state index is -0.143. The molecule has 0 saturated carbocycles. The zero-order valence-corrected chi connectivity index (χ0v) is 12.8. The fraction of sp³-hybridized carbons (Fsp3) is 0.647. The lowest BCUT2D eigenvalue weighted by Crippen LogP contribution is -2.24. The lowest BCUT2D eigenvalue weighted by Gasteiger charge is -2.09. The molecule has 1 heterocycles. The maximum Gasteiger partial charge on any atom is 0.268 e. The molecule has 1 aromatic heterocycles. The average molecular weight is 274 g/mol. The van der Waals surface area contributed by atoms with E-state index in [0.717, 1.165) is 25.1 Å². The van der Waals surface area contributed by atoms with Crippen LogP contribution in [0.4, 0.5) is 0 Å². The predicted octanol–water partition coefficient (Wildman–Crippen LogP) is 4.17. The van der Waals surface area contributed by atoms with Crippen LogP contribution in [0.1, 0.15) is 69.5 Å². The van der Waals surface area contributed by atoms with Crippen molar-refractivity contribution in [1.82, 2.24) is 4.57 Å². The first-order valence-electron chi connectivity index (χ1n) is 7.81. The van der Waals surface area contributed by atoms with Crippen molar-refractivity contribution < 1.29 is 0 Å². The van der Waals surface area contributed by atoms with Gasteiger partial charge in [-0.1, -0.05) is 51.9 Å². The summed E-state index contributed by atoms with van der Waals surface area (Å²) in [6, 6.07) is 5.42. The summed E-state index contributed by atoms with van der Waals surface area (Å²) in [7, 11) is 0. The van der Waals surface area contributed by atoms with Gasteiger partial charge in [0.25, 0.3) is 5.56 Å². The van der Waals surface area contributed by atoms with Gasteiger partial charge in [0.1, 0.15) is 11.6 Å². The molecule has 0 N–H and O–H groups in total. The summed E-state index contributed by atoms with van der Waals surface area (Å²) >= 11 is 0. The van der Waals surface area contributed by atoms with E-state index in [1.165, 1.54) is 38.5 Å². The van der Waals surface area contributed by atoms with Crippen LogP contribution >= 0.6 is 0 Å². The van der Waals surface area contributed by atoms with Crippen molar-refractivity contribution >= 4 is 0 Å². The molecule has 110 valence electrons. The Hall–Kier alpha value is -1.56. The van der Waals surface area contributed by atoms with Gasteiger partial charge in [-0.15, -0.1) is 0 Å². The standard InChI is InChI=1S/C17H26N2O/c1-3-4-5-6-7-8-9-10-13-19-15(2)11-12-16(14-18)17(19)20/h11-12H,3-10,13H2,1-2H3. The van der Waals surface area contributed by atoms with E-state index in [1.54, 1.807) is 10.6 Å². The van der Waals surface area contributed by atoms with Crippen molar-refractivity contribution in [2.24, 2.45) is 0 Å². The molecular formula is C17H26N2O. The predicted molar refractivity (Wildman–Crippen MR) is 82.8 cm³/mol. The highest BCUT2D eigenvalue weighted by molar-refractivity contribution is 5.27. The third-order valence-electron chi connectivity index (χ3n) is 3.75. The van der Waals surface area contributed by atoms with Crippen molar-refractivity contribution in [3.63, 3.8) is 0 Å². The van der Waals surface area contributed by atoms with Crippen LogP contribution < -0.4 is 5.56 Å². The molecule has 3 heteroatoms. The van der Waals surface area contributed by atoms with Gasteiger partial charge in [0, 0.05) is 12.2 Å². The SMILES string of the molecule is CCCCCCCCCCn1c(C)ccc(C#N)c1=O. The molecule has 0 aromatic carbocycles. The highest BCUT2D eigenvalue weighted by Gasteiger charge is 2.05. The Labute approximate surface area is 122 Å². The van der Waals surface area contributed by atoms with E-state index >= 15 is 0 Å². The average Bonchev–Trinajstić information content (AvgIpc) is 2.45. The highest BCUT2D eigenvalue weighted by atomic mass is 16.1. The number of unbranched alkanes of at least 4 members (excludes halogenated alkanes) is 7. The fourth-order valence-electron chi connectivity index (χ4n) is 2.44. The van der Waals surface area contributed by atoms with Crippen molar-refractivity contribution in [1.29, 1.82) is 5.26 Å². The van der Waals surface area contributed by atoms with Gasteiger partial charge in [-0.25, -0.2) is 0 Å². The summed E-state index contributed by atoms with van der Waals surface area (Å²) < 4.78 is 1.73. The minimum absolute atomic E-state index is 0.143. The van der Waals surface area contributed by atoms with Crippen LogP contribution in [-0.2, 0) is 6.54 Å². The van der Waals surface area contributed by atoms with Gasteiger partial charge >= 0.3 is 0 Å². The molecule has 1 rings (SSSR count). The zero-order valence-electron chi connectivity index (χ0n) is 12.8. The molecule has 0 aliphatic rings. The molecule has 0 radical (unpaired) electrons. The summed E-state index contributed by atoms with van der Waals surface area (Å²) in [5.41, 5.74) is 1.04. The van der Waals surface area contributed by atoms with Crippen molar-refractivity contribution in [3.05, 3.63) is 33.7 Å². The molecule has 0 bridgehead atoms. The first kappa shape index (κ1) is 16.5. The van der Waals surface area contributed by atoms with Gasteiger partial charge in [0.15, 0.2) is 0 Å². The minimum Gasteiger partial charge on any atom is -0.312 e. The normalized spacial score (nSPS) is 10.4. The van der Waals surface area contributed by atoms with Gasteiger partial charge in [0.2, 0.25) is 0 Å². The lowest BCUT2D eigenvalue weighted by atomic mass is 10.1. The van der Waals surface area contributed by atoms with Gasteiger partial charge in [-0.2, -0.15) is 5.26 Å². The Morgan fingerprint density at radius 1 is 1.05 bits per heavy atom. The number of nitrogens with zero attached hydrogens (tertiary/aromatic N) is 2. The van der Waals surface area contributed by atoms with E-state index in [1.807, 2.05) is 19.1 Å². The third kappa shape index (κ3) is 5.21. The third-order valence-corrected chi connectivity index (χ3v) is 3.75.